The van der Waals surface area contributed by atoms with Crippen LogP contribution in [-0.4, -0.2) is 25.7 Å². The highest BCUT2D eigenvalue weighted by Gasteiger charge is 2.08. The number of hydrazine groups is 1. The Balaban J connectivity index is 1.90. The highest BCUT2D eigenvalue weighted by molar-refractivity contribution is 6.00. The minimum absolute atomic E-state index is 0.0981. The van der Waals surface area contributed by atoms with Crippen LogP contribution in [0.2, 0.25) is 0 Å². The number of benzene rings is 2. The largest absolute Gasteiger partial charge is 0.289 e. The van der Waals surface area contributed by atoms with Crippen LogP contribution >= 0.6 is 0 Å². The quantitative estimate of drug-likeness (QED) is 0.659. The molecule has 0 saturated carbocycles. The summed E-state index contributed by atoms with van der Waals surface area (Å²) < 4.78 is 0. The number of nitrogens with zero attached hydrogens (tertiary/aromatic N) is 3. The predicted molar refractivity (Wildman–Crippen MR) is 95.6 cm³/mol. The van der Waals surface area contributed by atoms with E-state index in [2.05, 4.69) is 10.5 Å². The molecule has 0 fully saturated rings. The SMILES string of the molecule is CC(CC(=O)NN(C)c1ccccc1)=NN(C)c1ccccc1. The van der Waals surface area contributed by atoms with E-state index >= 15 is 0 Å². The van der Waals surface area contributed by atoms with Crippen molar-refractivity contribution in [3.05, 3.63) is 60.7 Å². The van der Waals surface area contributed by atoms with Crippen LogP contribution in [0.15, 0.2) is 65.8 Å². The van der Waals surface area contributed by atoms with E-state index in [1.54, 1.807) is 10.0 Å². The fourth-order valence-electron chi connectivity index (χ4n) is 2.17. The molecule has 1 amide bonds. The Kier molecular flexibility index (Phi) is 5.74. The van der Waals surface area contributed by atoms with E-state index in [9.17, 15) is 4.79 Å². The van der Waals surface area contributed by atoms with Crippen LogP contribution in [0.3, 0.4) is 0 Å². The van der Waals surface area contributed by atoms with Gasteiger partial charge in [0.25, 0.3) is 0 Å². The monoisotopic (exact) mass is 310 g/mol. The molecule has 0 unspecified atom stereocenters. The molecule has 2 aromatic carbocycles. The maximum Gasteiger partial charge on any atom is 0.244 e. The Hall–Kier alpha value is -2.82. The molecule has 0 atom stereocenters. The number of rotatable bonds is 6. The number of carbonyl (C=O) groups excluding carboxylic acids is 1. The topological polar surface area (TPSA) is 47.9 Å². The zero-order valence-electron chi connectivity index (χ0n) is 13.7. The molecule has 0 aliphatic rings. The fraction of sp³-hybridized carbons (Fsp3) is 0.222. The second-order valence-electron chi connectivity index (χ2n) is 5.30. The van der Waals surface area contributed by atoms with Gasteiger partial charge >= 0.3 is 0 Å². The maximum atomic E-state index is 12.1. The summed E-state index contributed by atoms with van der Waals surface area (Å²) in [7, 11) is 3.68. The Bertz CT molecular complexity index is 655. The molecule has 0 saturated heterocycles. The maximum absolute atomic E-state index is 12.1. The standard InChI is InChI=1S/C18H22N4O/c1-15(19-21(2)16-10-6-4-7-11-16)14-18(23)20-22(3)17-12-8-5-9-13-17/h4-13H,14H2,1-3H3,(H,20,23). The third-order valence-electron chi connectivity index (χ3n) is 3.30. The molecule has 0 heterocycles. The second kappa shape index (κ2) is 7.98. The van der Waals surface area contributed by atoms with Crippen molar-refractivity contribution in [3.63, 3.8) is 0 Å². The van der Waals surface area contributed by atoms with E-state index < -0.39 is 0 Å². The molecule has 120 valence electrons. The van der Waals surface area contributed by atoms with Crippen LogP contribution in [0.4, 0.5) is 11.4 Å². The van der Waals surface area contributed by atoms with Crippen LogP contribution < -0.4 is 15.4 Å². The summed E-state index contributed by atoms with van der Waals surface area (Å²) in [6.45, 7) is 1.85. The number of nitrogens with one attached hydrogen (secondary N) is 1. The Morgan fingerprint density at radius 1 is 0.957 bits per heavy atom. The summed E-state index contributed by atoms with van der Waals surface area (Å²) in [6, 6.07) is 19.5. The molecule has 5 nitrogen and oxygen atoms in total. The number of para-hydroxylation sites is 2. The van der Waals surface area contributed by atoms with E-state index in [0.717, 1.165) is 17.1 Å². The van der Waals surface area contributed by atoms with Crippen molar-refractivity contribution in [1.29, 1.82) is 0 Å². The zero-order chi connectivity index (χ0) is 16.7. The van der Waals surface area contributed by atoms with E-state index in [1.807, 2.05) is 81.7 Å². The lowest BCUT2D eigenvalue weighted by atomic mass is 10.3. The van der Waals surface area contributed by atoms with Crippen molar-refractivity contribution in [1.82, 2.24) is 5.43 Å². The van der Waals surface area contributed by atoms with E-state index in [4.69, 9.17) is 0 Å². The summed E-state index contributed by atoms with van der Waals surface area (Å²) >= 11 is 0. The molecule has 1 N–H and O–H groups in total. The first-order valence-electron chi connectivity index (χ1n) is 7.47. The zero-order valence-corrected chi connectivity index (χ0v) is 13.7. The van der Waals surface area contributed by atoms with Crippen molar-refractivity contribution in [2.45, 2.75) is 13.3 Å². The van der Waals surface area contributed by atoms with Crippen LogP contribution in [0.1, 0.15) is 13.3 Å². The van der Waals surface area contributed by atoms with Gasteiger partial charge in [-0.05, 0) is 31.2 Å². The van der Waals surface area contributed by atoms with Gasteiger partial charge in [-0.25, -0.2) is 0 Å². The lowest BCUT2D eigenvalue weighted by molar-refractivity contribution is -0.120. The van der Waals surface area contributed by atoms with E-state index in [1.165, 1.54) is 0 Å². The van der Waals surface area contributed by atoms with Crippen molar-refractivity contribution in [2.24, 2.45) is 5.10 Å². The molecule has 0 aliphatic carbocycles. The molecule has 5 heteroatoms. The Labute approximate surface area is 137 Å². The third kappa shape index (κ3) is 5.14. The number of anilines is 2. The van der Waals surface area contributed by atoms with E-state index in [0.29, 0.717) is 0 Å². The molecule has 23 heavy (non-hydrogen) atoms. The summed E-state index contributed by atoms with van der Waals surface area (Å²) in [6.07, 6.45) is 0.244. The minimum atomic E-state index is -0.0981. The van der Waals surface area contributed by atoms with Crippen LogP contribution in [0.5, 0.6) is 0 Å². The third-order valence-corrected chi connectivity index (χ3v) is 3.30. The van der Waals surface area contributed by atoms with Gasteiger partial charge in [0.2, 0.25) is 5.91 Å². The Morgan fingerprint density at radius 2 is 1.48 bits per heavy atom. The average molecular weight is 310 g/mol. The lowest BCUT2D eigenvalue weighted by Gasteiger charge is -2.20. The molecule has 0 spiro atoms. The van der Waals surface area contributed by atoms with Gasteiger partial charge in [-0.1, -0.05) is 36.4 Å². The van der Waals surface area contributed by atoms with Gasteiger partial charge in [-0.15, -0.1) is 0 Å². The number of hydrogen-bond acceptors (Lipinski definition) is 4. The second-order valence-corrected chi connectivity index (χ2v) is 5.30. The van der Waals surface area contributed by atoms with Gasteiger partial charge in [-0.2, -0.15) is 5.10 Å². The van der Waals surface area contributed by atoms with Gasteiger partial charge in [-0.3, -0.25) is 20.2 Å². The molecule has 2 rings (SSSR count). The number of hydrogen-bond donors (Lipinski definition) is 1. The van der Waals surface area contributed by atoms with Gasteiger partial charge in [0.1, 0.15) is 0 Å². The smallest absolute Gasteiger partial charge is 0.244 e. The summed E-state index contributed by atoms with van der Waals surface area (Å²) in [5.41, 5.74) is 5.49. The predicted octanol–water partition coefficient (Wildman–Crippen LogP) is 3.06. The van der Waals surface area contributed by atoms with Crippen LogP contribution in [0.25, 0.3) is 0 Å². The number of carbonyl (C=O) groups is 1. The van der Waals surface area contributed by atoms with Crippen LogP contribution in [-0.2, 0) is 4.79 Å². The number of amides is 1. The average Bonchev–Trinajstić information content (AvgIpc) is 2.56. The summed E-state index contributed by atoms with van der Waals surface area (Å²) in [5, 5.41) is 7.91. The van der Waals surface area contributed by atoms with Gasteiger partial charge in [0.15, 0.2) is 0 Å². The van der Waals surface area contributed by atoms with Crippen molar-refractivity contribution >= 4 is 23.0 Å². The molecular formula is C18H22N4O. The van der Waals surface area contributed by atoms with E-state index in [-0.39, 0.29) is 12.3 Å². The molecule has 0 radical (unpaired) electrons. The minimum Gasteiger partial charge on any atom is -0.289 e. The Morgan fingerprint density at radius 3 is 2.04 bits per heavy atom. The van der Waals surface area contributed by atoms with Crippen molar-refractivity contribution < 1.29 is 4.79 Å². The van der Waals surface area contributed by atoms with Crippen molar-refractivity contribution in [3.8, 4) is 0 Å². The lowest BCUT2D eigenvalue weighted by Crippen LogP contribution is -2.40. The highest BCUT2D eigenvalue weighted by Crippen LogP contribution is 2.12. The van der Waals surface area contributed by atoms with Gasteiger partial charge in [0.05, 0.1) is 17.8 Å². The van der Waals surface area contributed by atoms with Gasteiger partial charge in [0, 0.05) is 19.8 Å². The molecule has 0 bridgehead atoms. The number of hydrazone groups is 1. The molecular weight excluding hydrogens is 288 g/mol. The van der Waals surface area contributed by atoms with Gasteiger partial charge < -0.3 is 0 Å². The molecule has 0 aliphatic heterocycles. The summed E-state index contributed by atoms with van der Waals surface area (Å²) in [5.74, 6) is -0.0981. The van der Waals surface area contributed by atoms with Crippen molar-refractivity contribution in [2.75, 3.05) is 24.1 Å². The first kappa shape index (κ1) is 16.5. The first-order chi connectivity index (χ1) is 11.1. The molecule has 2 aromatic rings. The fourth-order valence-corrected chi connectivity index (χ4v) is 2.17. The molecule has 0 aromatic heterocycles. The van der Waals surface area contributed by atoms with Crippen LogP contribution in [0, 0.1) is 0 Å². The highest BCUT2D eigenvalue weighted by atomic mass is 16.2. The normalized spacial score (nSPS) is 11.0. The summed E-state index contributed by atoms with van der Waals surface area (Å²) in [4.78, 5) is 12.1. The first-order valence-corrected chi connectivity index (χ1v) is 7.47.